The number of nitrogens with one attached hydrogen (secondary N) is 1. The molecule has 2 fully saturated rings. The van der Waals surface area contributed by atoms with Crippen LogP contribution in [0.15, 0.2) is 24.3 Å². The number of H-pyrrole nitrogens is 1. The van der Waals surface area contributed by atoms with Crippen LogP contribution in [0.3, 0.4) is 0 Å². The summed E-state index contributed by atoms with van der Waals surface area (Å²) in [5, 5.41) is 1.73. The maximum absolute atomic E-state index is 13.2. The van der Waals surface area contributed by atoms with E-state index in [0.29, 0.717) is 22.8 Å². The van der Waals surface area contributed by atoms with Crippen molar-refractivity contribution in [2.24, 2.45) is 0 Å². The number of hydrogen-bond acceptors (Lipinski definition) is 2. The molecule has 2 aliphatic rings. The highest BCUT2D eigenvalue weighted by Gasteiger charge is 2.39. The predicted octanol–water partition coefficient (Wildman–Crippen LogP) is 3.91. The van der Waals surface area contributed by atoms with E-state index >= 15 is 0 Å². The summed E-state index contributed by atoms with van der Waals surface area (Å²) in [6, 6.07) is 8.49. The fourth-order valence-electron chi connectivity index (χ4n) is 3.85. The molecule has 0 spiro atoms. The number of piperidine rings is 1. The van der Waals surface area contributed by atoms with Crippen molar-refractivity contribution in [2.75, 3.05) is 19.6 Å². The van der Waals surface area contributed by atoms with Gasteiger partial charge in [-0.15, -0.1) is 0 Å². The molecule has 0 unspecified atom stereocenters. The van der Waals surface area contributed by atoms with Crippen LogP contribution in [-0.4, -0.2) is 52.4 Å². The summed E-state index contributed by atoms with van der Waals surface area (Å²) in [5.41, 5.74) is 1.62. The highest BCUT2D eigenvalue weighted by Crippen LogP contribution is 2.33. The van der Waals surface area contributed by atoms with Crippen molar-refractivity contribution in [3.8, 4) is 0 Å². The SMILES string of the molecule is CCN1CCC(N(C(=O)c2cc3ccc(Cl)cc3[nH]2)C2CC2)CC1. The number of rotatable bonds is 4. The first-order chi connectivity index (χ1) is 11.7. The summed E-state index contributed by atoms with van der Waals surface area (Å²) >= 11 is 6.06. The normalized spacial score (nSPS) is 19.8. The Kier molecular flexibility index (Phi) is 4.27. The monoisotopic (exact) mass is 345 g/mol. The first-order valence-electron chi connectivity index (χ1n) is 8.99. The van der Waals surface area contributed by atoms with Gasteiger partial charge >= 0.3 is 0 Å². The Morgan fingerprint density at radius 3 is 2.58 bits per heavy atom. The number of benzene rings is 1. The van der Waals surface area contributed by atoms with Gasteiger partial charge in [0.25, 0.3) is 5.91 Å². The number of nitrogens with zero attached hydrogens (tertiary/aromatic N) is 2. The Labute approximate surface area is 147 Å². The molecule has 4 rings (SSSR count). The Bertz CT molecular complexity index is 744. The number of aromatic amines is 1. The smallest absolute Gasteiger partial charge is 0.270 e. The summed E-state index contributed by atoms with van der Waals surface area (Å²) in [6.07, 6.45) is 4.46. The fourth-order valence-corrected chi connectivity index (χ4v) is 4.02. The molecule has 128 valence electrons. The van der Waals surface area contributed by atoms with Crippen LogP contribution in [0.25, 0.3) is 10.9 Å². The Hall–Kier alpha value is -1.52. The second-order valence-corrected chi connectivity index (χ2v) is 7.46. The molecule has 2 aromatic rings. The van der Waals surface area contributed by atoms with Gasteiger partial charge in [0.2, 0.25) is 0 Å². The molecule has 0 bridgehead atoms. The molecule has 1 saturated carbocycles. The Morgan fingerprint density at radius 2 is 1.92 bits per heavy atom. The summed E-state index contributed by atoms with van der Waals surface area (Å²) in [4.78, 5) is 21.1. The van der Waals surface area contributed by atoms with Crippen LogP contribution >= 0.6 is 11.6 Å². The standard InChI is InChI=1S/C19H24ClN3O/c1-2-22-9-7-16(8-10-22)23(15-5-6-15)19(24)18-11-13-3-4-14(20)12-17(13)21-18/h3-4,11-12,15-16,21H,2,5-10H2,1H3. The first kappa shape index (κ1) is 16.0. The second kappa shape index (κ2) is 6.41. The van der Waals surface area contributed by atoms with E-state index in [1.54, 1.807) is 0 Å². The third-order valence-electron chi connectivity index (χ3n) is 5.39. The maximum Gasteiger partial charge on any atom is 0.270 e. The van der Waals surface area contributed by atoms with E-state index in [0.717, 1.165) is 56.2 Å². The average Bonchev–Trinajstić information content (AvgIpc) is 3.33. The molecule has 1 aliphatic heterocycles. The van der Waals surface area contributed by atoms with Gasteiger partial charge in [-0.1, -0.05) is 24.6 Å². The minimum absolute atomic E-state index is 0.153. The quantitative estimate of drug-likeness (QED) is 0.912. The minimum atomic E-state index is 0.153. The van der Waals surface area contributed by atoms with Gasteiger partial charge in [-0.3, -0.25) is 4.79 Å². The zero-order valence-corrected chi connectivity index (χ0v) is 14.9. The third-order valence-corrected chi connectivity index (χ3v) is 5.62. The zero-order valence-electron chi connectivity index (χ0n) is 14.1. The number of likely N-dealkylation sites (tertiary alicyclic amines) is 1. The van der Waals surface area contributed by atoms with Gasteiger partial charge in [0.05, 0.1) is 0 Å². The fraction of sp³-hybridized carbons (Fsp3) is 0.526. The summed E-state index contributed by atoms with van der Waals surface area (Å²) < 4.78 is 0. The largest absolute Gasteiger partial charge is 0.350 e. The van der Waals surface area contributed by atoms with E-state index in [1.807, 2.05) is 24.3 Å². The van der Waals surface area contributed by atoms with Crippen molar-refractivity contribution < 1.29 is 4.79 Å². The average molecular weight is 346 g/mol. The molecule has 1 aromatic carbocycles. The van der Waals surface area contributed by atoms with Crippen LogP contribution < -0.4 is 0 Å². The number of hydrogen-bond donors (Lipinski definition) is 1. The number of aromatic nitrogens is 1. The highest BCUT2D eigenvalue weighted by atomic mass is 35.5. The lowest BCUT2D eigenvalue weighted by Gasteiger charge is -2.38. The summed E-state index contributed by atoms with van der Waals surface area (Å²) in [6.45, 7) is 5.51. The lowest BCUT2D eigenvalue weighted by Crippen LogP contribution is -2.48. The van der Waals surface area contributed by atoms with Gasteiger partial charge < -0.3 is 14.8 Å². The van der Waals surface area contributed by atoms with Gasteiger partial charge in [-0.05, 0) is 50.4 Å². The van der Waals surface area contributed by atoms with Crippen molar-refractivity contribution in [3.05, 3.63) is 35.0 Å². The Balaban J connectivity index is 1.57. The summed E-state index contributed by atoms with van der Waals surface area (Å²) in [5.74, 6) is 0.153. The molecule has 1 aliphatic carbocycles. The number of halogens is 1. The van der Waals surface area contributed by atoms with Crippen LogP contribution in [-0.2, 0) is 0 Å². The molecule has 4 nitrogen and oxygen atoms in total. The van der Waals surface area contributed by atoms with Crippen molar-refractivity contribution >= 4 is 28.4 Å². The predicted molar refractivity (Wildman–Crippen MR) is 97.6 cm³/mol. The molecule has 2 heterocycles. The number of fused-ring (bicyclic) bond motifs is 1. The Morgan fingerprint density at radius 1 is 1.21 bits per heavy atom. The maximum atomic E-state index is 13.2. The van der Waals surface area contributed by atoms with Crippen molar-refractivity contribution in [1.29, 1.82) is 0 Å². The molecule has 1 amide bonds. The minimum Gasteiger partial charge on any atom is -0.350 e. The lowest BCUT2D eigenvalue weighted by molar-refractivity contribution is 0.0549. The first-order valence-corrected chi connectivity index (χ1v) is 9.37. The molecule has 0 atom stereocenters. The van der Waals surface area contributed by atoms with E-state index in [2.05, 4.69) is 21.7 Å². The molecule has 0 radical (unpaired) electrons. The lowest BCUT2D eigenvalue weighted by atomic mass is 10.0. The van der Waals surface area contributed by atoms with Gasteiger partial charge in [0, 0.05) is 41.1 Å². The van der Waals surface area contributed by atoms with Crippen LogP contribution in [0.1, 0.15) is 43.1 Å². The molecule has 1 N–H and O–H groups in total. The van der Waals surface area contributed by atoms with Crippen molar-refractivity contribution in [3.63, 3.8) is 0 Å². The molecule has 1 aromatic heterocycles. The number of carbonyl (C=O) groups is 1. The van der Waals surface area contributed by atoms with E-state index in [9.17, 15) is 4.79 Å². The van der Waals surface area contributed by atoms with Crippen LogP contribution in [0.5, 0.6) is 0 Å². The topological polar surface area (TPSA) is 39.3 Å². The van der Waals surface area contributed by atoms with Crippen LogP contribution in [0.4, 0.5) is 0 Å². The van der Waals surface area contributed by atoms with E-state index in [4.69, 9.17) is 11.6 Å². The van der Waals surface area contributed by atoms with Gasteiger partial charge in [0.15, 0.2) is 0 Å². The van der Waals surface area contributed by atoms with E-state index in [-0.39, 0.29) is 5.91 Å². The zero-order chi connectivity index (χ0) is 16.7. The van der Waals surface area contributed by atoms with Gasteiger partial charge in [-0.25, -0.2) is 0 Å². The van der Waals surface area contributed by atoms with Crippen LogP contribution in [0.2, 0.25) is 5.02 Å². The molecular weight excluding hydrogens is 322 g/mol. The van der Waals surface area contributed by atoms with E-state index in [1.165, 1.54) is 0 Å². The van der Waals surface area contributed by atoms with E-state index < -0.39 is 0 Å². The van der Waals surface area contributed by atoms with Crippen molar-refractivity contribution in [1.82, 2.24) is 14.8 Å². The number of carbonyl (C=O) groups excluding carboxylic acids is 1. The number of amides is 1. The molecule has 1 saturated heterocycles. The third kappa shape index (κ3) is 3.05. The molecule has 24 heavy (non-hydrogen) atoms. The summed E-state index contributed by atoms with van der Waals surface area (Å²) in [7, 11) is 0. The van der Waals surface area contributed by atoms with Crippen LogP contribution in [0, 0.1) is 0 Å². The second-order valence-electron chi connectivity index (χ2n) is 7.02. The van der Waals surface area contributed by atoms with Crippen molar-refractivity contribution in [2.45, 2.75) is 44.7 Å². The molecular formula is C19H24ClN3O. The van der Waals surface area contributed by atoms with Gasteiger partial charge in [-0.2, -0.15) is 0 Å². The highest BCUT2D eigenvalue weighted by molar-refractivity contribution is 6.31. The van der Waals surface area contributed by atoms with Gasteiger partial charge in [0.1, 0.15) is 5.69 Å². The molecule has 5 heteroatoms.